The second kappa shape index (κ2) is 8.01. The normalized spacial score (nSPS) is 12.0. The monoisotopic (exact) mass is 347 g/mol. The van der Waals surface area contributed by atoms with E-state index in [9.17, 15) is 9.59 Å². The van der Waals surface area contributed by atoms with Crippen molar-refractivity contribution >= 4 is 27.6 Å². The molecule has 0 aliphatic heterocycles. The summed E-state index contributed by atoms with van der Waals surface area (Å²) in [7, 11) is 1.26. The highest BCUT2D eigenvalue weighted by molar-refractivity contribution is 9.10. The molecule has 0 fully saturated rings. The van der Waals surface area contributed by atoms with Gasteiger partial charge in [0.05, 0.1) is 25.6 Å². The minimum absolute atomic E-state index is 0.0314. The van der Waals surface area contributed by atoms with Gasteiger partial charge in [-0.15, -0.1) is 0 Å². The predicted octanol–water partition coefficient (Wildman–Crippen LogP) is 1.02. The van der Waals surface area contributed by atoms with E-state index in [0.717, 1.165) is 4.68 Å². The third-order valence-corrected chi connectivity index (χ3v) is 3.23. The van der Waals surface area contributed by atoms with E-state index in [0.29, 0.717) is 23.4 Å². The molecule has 7 nitrogen and oxygen atoms in total. The Morgan fingerprint density at radius 2 is 2.30 bits per heavy atom. The lowest BCUT2D eigenvalue weighted by molar-refractivity contribution is -0.141. The standard InChI is InChI=1S/C12H18BrN3O4/c1-4-20-7-8(2)15-9-5-14-16(6-10(17)19-3)12(18)11(9)13/h5,8,15H,4,6-7H2,1-3H3. The molecule has 8 heteroatoms. The highest BCUT2D eigenvalue weighted by Gasteiger charge is 2.13. The first-order valence-electron chi connectivity index (χ1n) is 6.16. The van der Waals surface area contributed by atoms with Crippen molar-refractivity contribution in [1.82, 2.24) is 9.78 Å². The Kier molecular flexibility index (Phi) is 6.66. The topological polar surface area (TPSA) is 82.4 Å². The summed E-state index contributed by atoms with van der Waals surface area (Å²) in [6.07, 6.45) is 1.48. The Bertz CT molecular complexity index is 518. The molecule has 0 aromatic carbocycles. The van der Waals surface area contributed by atoms with Gasteiger partial charge in [-0.1, -0.05) is 0 Å². The number of ether oxygens (including phenoxy) is 2. The average molecular weight is 348 g/mol. The van der Waals surface area contributed by atoms with Crippen molar-refractivity contribution in [2.24, 2.45) is 0 Å². The number of anilines is 1. The van der Waals surface area contributed by atoms with Gasteiger partial charge < -0.3 is 14.8 Å². The fourth-order valence-corrected chi connectivity index (χ4v) is 1.89. The fourth-order valence-electron chi connectivity index (χ4n) is 1.47. The molecular weight excluding hydrogens is 330 g/mol. The molecule has 0 spiro atoms. The quantitative estimate of drug-likeness (QED) is 0.741. The van der Waals surface area contributed by atoms with Gasteiger partial charge in [0.15, 0.2) is 0 Å². The first-order valence-corrected chi connectivity index (χ1v) is 6.95. The summed E-state index contributed by atoms with van der Waals surface area (Å²) < 4.78 is 11.1. The number of nitrogens with one attached hydrogen (secondary N) is 1. The van der Waals surface area contributed by atoms with Crippen molar-refractivity contribution < 1.29 is 14.3 Å². The minimum Gasteiger partial charge on any atom is -0.468 e. The van der Waals surface area contributed by atoms with Crippen LogP contribution >= 0.6 is 15.9 Å². The Morgan fingerprint density at radius 3 is 2.90 bits per heavy atom. The smallest absolute Gasteiger partial charge is 0.327 e. The van der Waals surface area contributed by atoms with Gasteiger partial charge in [-0.2, -0.15) is 5.10 Å². The third kappa shape index (κ3) is 4.61. The van der Waals surface area contributed by atoms with Crippen LogP contribution in [0.5, 0.6) is 0 Å². The molecule has 1 aromatic heterocycles. The maximum atomic E-state index is 12.0. The van der Waals surface area contributed by atoms with Crippen LogP contribution in [0, 0.1) is 0 Å². The molecule has 0 radical (unpaired) electrons. The number of aromatic nitrogens is 2. The molecule has 0 bridgehead atoms. The van der Waals surface area contributed by atoms with E-state index in [1.807, 2.05) is 13.8 Å². The zero-order chi connectivity index (χ0) is 15.1. The van der Waals surface area contributed by atoms with Gasteiger partial charge in [-0.05, 0) is 29.8 Å². The Morgan fingerprint density at radius 1 is 1.60 bits per heavy atom. The number of hydrogen-bond acceptors (Lipinski definition) is 6. The van der Waals surface area contributed by atoms with E-state index >= 15 is 0 Å². The molecule has 0 aliphatic rings. The summed E-state index contributed by atoms with van der Waals surface area (Å²) in [5.41, 5.74) is 0.160. The average Bonchev–Trinajstić information content (AvgIpc) is 2.44. The van der Waals surface area contributed by atoms with Crippen LogP contribution in [0.3, 0.4) is 0 Å². The van der Waals surface area contributed by atoms with E-state index in [1.54, 1.807) is 0 Å². The van der Waals surface area contributed by atoms with Crippen LogP contribution in [-0.2, 0) is 20.8 Å². The Hall–Kier alpha value is -1.41. The van der Waals surface area contributed by atoms with E-state index in [1.165, 1.54) is 13.3 Å². The summed E-state index contributed by atoms with van der Waals surface area (Å²) in [4.78, 5) is 23.2. The maximum absolute atomic E-state index is 12.0. The van der Waals surface area contributed by atoms with Crippen LogP contribution in [0.1, 0.15) is 13.8 Å². The maximum Gasteiger partial charge on any atom is 0.327 e. The molecule has 0 amide bonds. The Labute approximate surface area is 125 Å². The zero-order valence-corrected chi connectivity index (χ0v) is 13.3. The first kappa shape index (κ1) is 16.6. The molecule has 20 heavy (non-hydrogen) atoms. The number of rotatable bonds is 7. The van der Waals surface area contributed by atoms with Crippen LogP contribution in [0.4, 0.5) is 5.69 Å². The molecule has 0 aliphatic carbocycles. The molecule has 1 N–H and O–H groups in total. The second-order valence-electron chi connectivity index (χ2n) is 4.12. The summed E-state index contributed by atoms with van der Waals surface area (Å²) in [5.74, 6) is -0.531. The first-order chi connectivity index (χ1) is 9.49. The predicted molar refractivity (Wildman–Crippen MR) is 77.8 cm³/mol. The number of nitrogens with zero attached hydrogens (tertiary/aromatic N) is 2. The van der Waals surface area contributed by atoms with Gasteiger partial charge in [0, 0.05) is 12.6 Å². The number of halogens is 1. The van der Waals surface area contributed by atoms with E-state index < -0.39 is 11.5 Å². The van der Waals surface area contributed by atoms with E-state index in [2.05, 4.69) is 31.1 Å². The van der Waals surface area contributed by atoms with Gasteiger partial charge >= 0.3 is 5.97 Å². The van der Waals surface area contributed by atoms with Crippen molar-refractivity contribution in [3.63, 3.8) is 0 Å². The lowest BCUT2D eigenvalue weighted by atomic mass is 10.3. The second-order valence-corrected chi connectivity index (χ2v) is 4.91. The van der Waals surface area contributed by atoms with Gasteiger partial charge in [-0.25, -0.2) is 4.68 Å². The van der Waals surface area contributed by atoms with Gasteiger partial charge in [0.2, 0.25) is 0 Å². The van der Waals surface area contributed by atoms with Crippen molar-refractivity contribution in [1.29, 1.82) is 0 Å². The number of methoxy groups -OCH3 is 1. The van der Waals surface area contributed by atoms with Crippen LogP contribution in [-0.4, -0.2) is 42.1 Å². The van der Waals surface area contributed by atoms with Crippen molar-refractivity contribution in [3.8, 4) is 0 Å². The summed E-state index contributed by atoms with van der Waals surface area (Å²) in [6.45, 7) is 4.78. The minimum atomic E-state index is -0.531. The van der Waals surface area contributed by atoms with Crippen LogP contribution < -0.4 is 10.9 Å². The largest absolute Gasteiger partial charge is 0.468 e. The van der Waals surface area contributed by atoms with Gasteiger partial charge in [0.25, 0.3) is 5.56 Å². The molecule has 112 valence electrons. The van der Waals surface area contributed by atoms with Crippen molar-refractivity contribution in [3.05, 3.63) is 21.0 Å². The van der Waals surface area contributed by atoms with E-state index in [4.69, 9.17) is 4.74 Å². The van der Waals surface area contributed by atoms with Gasteiger partial charge in [-0.3, -0.25) is 9.59 Å². The molecular formula is C12H18BrN3O4. The molecule has 1 aromatic rings. The van der Waals surface area contributed by atoms with Crippen molar-refractivity contribution in [2.45, 2.75) is 26.4 Å². The zero-order valence-electron chi connectivity index (χ0n) is 11.7. The highest BCUT2D eigenvalue weighted by atomic mass is 79.9. The SMILES string of the molecule is CCOCC(C)Nc1cnn(CC(=O)OC)c(=O)c1Br. The molecule has 1 atom stereocenters. The third-order valence-electron chi connectivity index (χ3n) is 2.47. The lowest BCUT2D eigenvalue weighted by Crippen LogP contribution is -2.30. The Balaban J connectivity index is 2.83. The number of carbonyl (C=O) groups is 1. The van der Waals surface area contributed by atoms with Crippen LogP contribution in [0.2, 0.25) is 0 Å². The molecule has 1 heterocycles. The van der Waals surface area contributed by atoms with Crippen LogP contribution in [0.15, 0.2) is 15.5 Å². The molecule has 1 rings (SSSR count). The van der Waals surface area contributed by atoms with Crippen molar-refractivity contribution in [2.75, 3.05) is 25.6 Å². The summed E-state index contributed by atoms with van der Waals surface area (Å²) in [6, 6.07) is 0.0314. The van der Waals surface area contributed by atoms with Crippen LogP contribution in [0.25, 0.3) is 0 Å². The summed E-state index contributed by atoms with van der Waals surface area (Å²) in [5, 5.41) is 7.05. The fraction of sp³-hybridized carbons (Fsp3) is 0.583. The van der Waals surface area contributed by atoms with E-state index in [-0.39, 0.29) is 12.6 Å². The number of carbonyl (C=O) groups excluding carboxylic acids is 1. The molecule has 0 saturated heterocycles. The summed E-state index contributed by atoms with van der Waals surface area (Å²) >= 11 is 3.21. The van der Waals surface area contributed by atoms with Gasteiger partial charge in [0.1, 0.15) is 11.0 Å². The highest BCUT2D eigenvalue weighted by Crippen LogP contribution is 2.17. The lowest BCUT2D eigenvalue weighted by Gasteiger charge is -2.16. The number of hydrogen-bond donors (Lipinski definition) is 1. The number of esters is 1. The molecule has 1 unspecified atom stereocenters. The molecule has 0 saturated carbocycles.